The Morgan fingerprint density at radius 2 is 2.15 bits per heavy atom. The molecule has 2 N–H and O–H groups in total. The molecular weight excluding hydrogens is 258 g/mol. The first kappa shape index (κ1) is 14.1. The van der Waals surface area contributed by atoms with Crippen LogP contribution in [0, 0.1) is 6.92 Å². The average molecular weight is 275 g/mol. The van der Waals surface area contributed by atoms with Crippen LogP contribution in [-0.4, -0.2) is 24.8 Å². The molecule has 1 unspecified atom stereocenters. The quantitative estimate of drug-likeness (QED) is 0.879. The van der Waals surface area contributed by atoms with Gasteiger partial charge in [0.1, 0.15) is 5.76 Å². The summed E-state index contributed by atoms with van der Waals surface area (Å²) in [4.78, 5) is 11.7. The molecule has 0 aliphatic carbocycles. The van der Waals surface area contributed by atoms with Crippen LogP contribution in [0.25, 0.3) is 0 Å². The average Bonchev–Trinajstić information content (AvgIpc) is 2.86. The number of aryl methyl sites for hydroxylation is 1. The van der Waals surface area contributed by atoms with E-state index in [0.29, 0.717) is 18.1 Å². The lowest BCUT2D eigenvalue weighted by Gasteiger charge is -2.16. The third-order valence-electron chi connectivity index (χ3n) is 2.77. The molecule has 2 amide bonds. The van der Waals surface area contributed by atoms with Crippen molar-refractivity contribution in [3.05, 3.63) is 47.7 Å². The minimum Gasteiger partial charge on any atom is -0.375 e. The van der Waals surface area contributed by atoms with Crippen molar-refractivity contribution >= 4 is 11.8 Å². The number of ether oxygens (including phenoxy) is 1. The first-order valence-corrected chi connectivity index (χ1v) is 6.25. The third kappa shape index (κ3) is 3.83. The predicted molar refractivity (Wildman–Crippen MR) is 74.5 cm³/mol. The molecule has 0 spiro atoms. The molecule has 0 fully saturated rings. The lowest BCUT2D eigenvalue weighted by Crippen LogP contribution is -2.33. The summed E-state index contributed by atoms with van der Waals surface area (Å²) < 4.78 is 10.2. The number of carbonyl (C=O) groups is 1. The van der Waals surface area contributed by atoms with Crippen molar-refractivity contribution in [2.75, 3.05) is 19.0 Å². The van der Waals surface area contributed by atoms with E-state index < -0.39 is 0 Å². The van der Waals surface area contributed by atoms with E-state index in [1.165, 1.54) is 0 Å². The van der Waals surface area contributed by atoms with E-state index in [4.69, 9.17) is 9.26 Å². The van der Waals surface area contributed by atoms with E-state index in [-0.39, 0.29) is 12.1 Å². The Morgan fingerprint density at radius 1 is 1.40 bits per heavy atom. The van der Waals surface area contributed by atoms with Crippen LogP contribution in [0.4, 0.5) is 10.6 Å². The summed E-state index contributed by atoms with van der Waals surface area (Å²) in [5, 5.41) is 9.00. The molecule has 2 rings (SSSR count). The smallest absolute Gasteiger partial charge is 0.320 e. The third-order valence-corrected chi connectivity index (χ3v) is 2.77. The molecule has 1 atom stereocenters. The molecule has 6 nitrogen and oxygen atoms in total. The summed E-state index contributed by atoms with van der Waals surface area (Å²) in [6, 6.07) is 11.0. The standard InChI is InChI=1S/C14H17N3O3/c1-10-8-13(17-20-10)16-14(18)15-9-12(19-2)11-6-4-3-5-7-11/h3-8,12H,9H2,1-2H3,(H2,15,16,17,18). The van der Waals surface area contributed by atoms with Gasteiger partial charge in [0.05, 0.1) is 6.10 Å². The number of methoxy groups -OCH3 is 1. The summed E-state index contributed by atoms with van der Waals surface area (Å²) in [6.45, 7) is 2.12. The molecular formula is C14H17N3O3. The number of nitrogens with one attached hydrogen (secondary N) is 2. The second kappa shape index (κ2) is 6.72. The molecule has 2 aromatic rings. The van der Waals surface area contributed by atoms with Gasteiger partial charge in [0.2, 0.25) is 0 Å². The molecule has 106 valence electrons. The summed E-state index contributed by atoms with van der Waals surface area (Å²) >= 11 is 0. The van der Waals surface area contributed by atoms with Crippen LogP contribution in [0.2, 0.25) is 0 Å². The molecule has 1 aromatic heterocycles. The van der Waals surface area contributed by atoms with Crippen LogP contribution in [0.1, 0.15) is 17.4 Å². The van der Waals surface area contributed by atoms with Crippen LogP contribution in [0.15, 0.2) is 40.9 Å². The fourth-order valence-electron chi connectivity index (χ4n) is 1.78. The Bertz CT molecular complexity index is 554. The van der Waals surface area contributed by atoms with Gasteiger partial charge in [0.25, 0.3) is 0 Å². The van der Waals surface area contributed by atoms with Crippen molar-refractivity contribution in [3.63, 3.8) is 0 Å². The van der Waals surface area contributed by atoms with Gasteiger partial charge in [-0.15, -0.1) is 0 Å². The van der Waals surface area contributed by atoms with Gasteiger partial charge in [-0.25, -0.2) is 4.79 Å². The largest absolute Gasteiger partial charge is 0.375 e. The fourth-order valence-corrected chi connectivity index (χ4v) is 1.78. The number of hydrogen-bond donors (Lipinski definition) is 2. The van der Waals surface area contributed by atoms with E-state index in [0.717, 1.165) is 5.56 Å². The number of aromatic nitrogens is 1. The maximum atomic E-state index is 11.7. The van der Waals surface area contributed by atoms with Gasteiger partial charge in [-0.3, -0.25) is 5.32 Å². The summed E-state index contributed by atoms with van der Waals surface area (Å²) in [7, 11) is 1.61. The molecule has 0 radical (unpaired) electrons. The van der Waals surface area contributed by atoms with Crippen molar-refractivity contribution in [2.45, 2.75) is 13.0 Å². The van der Waals surface area contributed by atoms with Crippen LogP contribution < -0.4 is 10.6 Å². The second-order valence-corrected chi connectivity index (χ2v) is 4.29. The second-order valence-electron chi connectivity index (χ2n) is 4.29. The zero-order valence-electron chi connectivity index (χ0n) is 11.4. The molecule has 1 heterocycles. The number of anilines is 1. The number of amides is 2. The van der Waals surface area contributed by atoms with Crippen molar-refractivity contribution < 1.29 is 14.1 Å². The topological polar surface area (TPSA) is 76.4 Å². The highest BCUT2D eigenvalue weighted by atomic mass is 16.5. The zero-order valence-corrected chi connectivity index (χ0v) is 11.4. The van der Waals surface area contributed by atoms with Gasteiger partial charge in [0, 0.05) is 19.7 Å². The Kier molecular flexibility index (Phi) is 4.73. The molecule has 0 aliphatic heterocycles. The minimum atomic E-state index is -0.351. The lowest BCUT2D eigenvalue weighted by atomic mass is 10.1. The number of rotatable bonds is 5. The number of nitrogens with zero attached hydrogens (tertiary/aromatic N) is 1. The van der Waals surface area contributed by atoms with Gasteiger partial charge in [0.15, 0.2) is 5.82 Å². The van der Waals surface area contributed by atoms with Crippen molar-refractivity contribution in [2.24, 2.45) is 0 Å². The van der Waals surface area contributed by atoms with Crippen molar-refractivity contribution in [3.8, 4) is 0 Å². The van der Waals surface area contributed by atoms with Gasteiger partial charge < -0.3 is 14.6 Å². The molecule has 0 saturated heterocycles. The molecule has 0 saturated carbocycles. The van der Waals surface area contributed by atoms with Crippen LogP contribution in [0.3, 0.4) is 0 Å². The molecule has 6 heteroatoms. The normalized spacial score (nSPS) is 11.9. The molecule has 1 aromatic carbocycles. The van der Waals surface area contributed by atoms with E-state index >= 15 is 0 Å². The number of urea groups is 1. The van der Waals surface area contributed by atoms with E-state index in [1.807, 2.05) is 30.3 Å². The maximum absolute atomic E-state index is 11.7. The summed E-state index contributed by atoms with van der Waals surface area (Å²) in [5.74, 6) is 1.02. The zero-order chi connectivity index (χ0) is 14.4. The van der Waals surface area contributed by atoms with Gasteiger partial charge >= 0.3 is 6.03 Å². The minimum absolute atomic E-state index is 0.194. The fraction of sp³-hybridized carbons (Fsp3) is 0.286. The number of benzene rings is 1. The Labute approximate surface area is 117 Å². The van der Waals surface area contributed by atoms with E-state index in [9.17, 15) is 4.79 Å². The van der Waals surface area contributed by atoms with Crippen LogP contribution in [-0.2, 0) is 4.74 Å². The molecule has 0 aliphatic rings. The lowest BCUT2D eigenvalue weighted by molar-refractivity contribution is 0.104. The SMILES string of the molecule is COC(CNC(=O)Nc1cc(C)on1)c1ccccc1. The van der Waals surface area contributed by atoms with Crippen LogP contribution >= 0.6 is 0 Å². The molecule has 20 heavy (non-hydrogen) atoms. The van der Waals surface area contributed by atoms with Gasteiger partial charge in [-0.1, -0.05) is 35.5 Å². The first-order chi connectivity index (χ1) is 9.69. The van der Waals surface area contributed by atoms with Gasteiger partial charge in [-0.2, -0.15) is 0 Å². The Balaban J connectivity index is 1.85. The van der Waals surface area contributed by atoms with Crippen molar-refractivity contribution in [1.29, 1.82) is 0 Å². The monoisotopic (exact) mass is 275 g/mol. The van der Waals surface area contributed by atoms with Gasteiger partial charge in [-0.05, 0) is 12.5 Å². The highest BCUT2D eigenvalue weighted by Gasteiger charge is 2.12. The predicted octanol–water partition coefficient (Wildman–Crippen LogP) is 2.49. The maximum Gasteiger partial charge on any atom is 0.320 e. The highest BCUT2D eigenvalue weighted by Crippen LogP contribution is 2.15. The van der Waals surface area contributed by atoms with Crippen LogP contribution in [0.5, 0.6) is 0 Å². The summed E-state index contributed by atoms with van der Waals surface area (Å²) in [6.07, 6.45) is -0.194. The van der Waals surface area contributed by atoms with Crippen molar-refractivity contribution in [1.82, 2.24) is 10.5 Å². The first-order valence-electron chi connectivity index (χ1n) is 6.25. The Morgan fingerprint density at radius 3 is 2.75 bits per heavy atom. The number of hydrogen-bond acceptors (Lipinski definition) is 4. The van der Waals surface area contributed by atoms with E-state index in [1.54, 1.807) is 20.1 Å². The Hall–Kier alpha value is -2.34. The molecule has 0 bridgehead atoms. The van der Waals surface area contributed by atoms with E-state index in [2.05, 4.69) is 15.8 Å². The highest BCUT2D eigenvalue weighted by molar-refractivity contribution is 5.88. The number of carbonyl (C=O) groups excluding carboxylic acids is 1. The summed E-state index contributed by atoms with van der Waals surface area (Å²) in [5.41, 5.74) is 1.01.